The molecule has 0 aromatic heterocycles. The van der Waals surface area contributed by atoms with E-state index in [0.29, 0.717) is 11.0 Å². The number of halogens is 2. The third kappa shape index (κ3) is 2.36. The largest absolute Gasteiger partial charge is 0.329 e. The van der Waals surface area contributed by atoms with Gasteiger partial charge in [0, 0.05) is 12.0 Å². The number of hydrogen-bond acceptors (Lipinski definition) is 2. The number of ketones is 1. The molecule has 2 rings (SSSR count). The maximum atomic E-state index is 14.0. The van der Waals surface area contributed by atoms with Crippen molar-refractivity contribution in [2.24, 2.45) is 11.1 Å². The third-order valence-corrected chi connectivity index (χ3v) is 4.49. The van der Waals surface area contributed by atoms with E-state index in [0.717, 1.165) is 32.1 Å². The molecule has 1 aromatic rings. The highest BCUT2D eigenvalue weighted by atomic mass is 79.9. The molecule has 1 saturated carbocycles. The minimum absolute atomic E-state index is 0.136. The fourth-order valence-corrected chi connectivity index (χ4v) is 3.08. The first-order valence-electron chi connectivity index (χ1n) is 6.30. The molecule has 1 aliphatic carbocycles. The smallest absolute Gasteiger partial charge is 0.173 e. The van der Waals surface area contributed by atoms with Crippen molar-refractivity contribution in [1.29, 1.82) is 0 Å². The molecule has 1 aliphatic rings. The maximum Gasteiger partial charge on any atom is 0.173 e. The second-order valence-electron chi connectivity index (χ2n) is 4.98. The van der Waals surface area contributed by atoms with Crippen LogP contribution < -0.4 is 5.73 Å². The van der Waals surface area contributed by atoms with Crippen LogP contribution in [0.4, 0.5) is 4.39 Å². The number of Topliss-reactive ketones (excluding diaryl/α,β-unsaturated/α-hetero) is 1. The summed E-state index contributed by atoms with van der Waals surface area (Å²) in [6, 6.07) is 4.84. The first-order valence-corrected chi connectivity index (χ1v) is 7.09. The second-order valence-corrected chi connectivity index (χ2v) is 5.83. The Bertz CT molecular complexity index is 455. The van der Waals surface area contributed by atoms with Gasteiger partial charge in [-0.2, -0.15) is 0 Å². The van der Waals surface area contributed by atoms with Crippen molar-refractivity contribution < 1.29 is 9.18 Å². The van der Waals surface area contributed by atoms with Gasteiger partial charge in [0.1, 0.15) is 5.82 Å². The number of carbonyl (C=O) groups excluding carboxylic acids is 1. The Morgan fingerprint density at radius 1 is 1.33 bits per heavy atom. The van der Waals surface area contributed by atoms with E-state index in [-0.39, 0.29) is 11.3 Å². The Hall–Kier alpha value is -0.740. The van der Waals surface area contributed by atoms with Crippen molar-refractivity contribution >= 4 is 21.7 Å². The molecule has 0 unspecified atom stereocenters. The van der Waals surface area contributed by atoms with Crippen LogP contribution in [0.3, 0.4) is 0 Å². The predicted molar refractivity (Wildman–Crippen MR) is 73.0 cm³/mol. The van der Waals surface area contributed by atoms with Crippen LogP contribution in [-0.4, -0.2) is 12.3 Å². The molecule has 0 atom stereocenters. The quantitative estimate of drug-likeness (QED) is 0.865. The number of carbonyl (C=O) groups is 1. The van der Waals surface area contributed by atoms with E-state index in [1.54, 1.807) is 18.2 Å². The molecule has 0 amide bonds. The van der Waals surface area contributed by atoms with Gasteiger partial charge < -0.3 is 5.73 Å². The summed E-state index contributed by atoms with van der Waals surface area (Å²) in [5.41, 5.74) is 5.42. The van der Waals surface area contributed by atoms with Crippen LogP contribution in [0, 0.1) is 11.2 Å². The summed E-state index contributed by atoms with van der Waals surface area (Å²) in [6.45, 7) is 0.303. The highest BCUT2D eigenvalue weighted by molar-refractivity contribution is 9.10. The van der Waals surface area contributed by atoms with Gasteiger partial charge in [-0.15, -0.1) is 0 Å². The molecule has 2 nitrogen and oxygen atoms in total. The van der Waals surface area contributed by atoms with Crippen molar-refractivity contribution in [2.45, 2.75) is 32.1 Å². The Morgan fingerprint density at radius 2 is 2.00 bits per heavy atom. The van der Waals surface area contributed by atoms with Gasteiger partial charge in [-0.05, 0) is 40.9 Å². The summed E-state index contributed by atoms with van der Waals surface area (Å²) in [4.78, 5) is 12.6. The number of nitrogens with two attached hydrogens (primary N) is 1. The molecule has 1 fully saturated rings. The lowest BCUT2D eigenvalue weighted by atomic mass is 9.69. The van der Waals surface area contributed by atoms with E-state index in [4.69, 9.17) is 5.73 Å². The molecule has 0 radical (unpaired) electrons. The lowest BCUT2D eigenvalue weighted by Gasteiger charge is -2.34. The van der Waals surface area contributed by atoms with Crippen LogP contribution in [0.1, 0.15) is 42.5 Å². The lowest BCUT2D eigenvalue weighted by molar-refractivity contribution is 0.0724. The van der Waals surface area contributed by atoms with Crippen molar-refractivity contribution in [3.8, 4) is 0 Å². The van der Waals surface area contributed by atoms with Gasteiger partial charge in [-0.25, -0.2) is 4.39 Å². The number of hydrogen-bond donors (Lipinski definition) is 1. The third-order valence-electron chi connectivity index (χ3n) is 3.88. The number of benzene rings is 1. The molecule has 0 bridgehead atoms. The molecule has 0 aliphatic heterocycles. The van der Waals surface area contributed by atoms with Gasteiger partial charge in [0.05, 0.1) is 10.0 Å². The van der Waals surface area contributed by atoms with E-state index in [9.17, 15) is 9.18 Å². The molecule has 2 N–H and O–H groups in total. The molecular weight excluding hydrogens is 297 g/mol. The van der Waals surface area contributed by atoms with Crippen molar-refractivity contribution in [2.75, 3.05) is 6.54 Å². The van der Waals surface area contributed by atoms with Gasteiger partial charge in [0.2, 0.25) is 0 Å². The highest BCUT2D eigenvalue weighted by Gasteiger charge is 2.39. The lowest BCUT2D eigenvalue weighted by Crippen LogP contribution is -2.40. The summed E-state index contributed by atoms with van der Waals surface area (Å²) in [5, 5.41) is 0. The highest BCUT2D eigenvalue weighted by Crippen LogP contribution is 2.39. The minimum atomic E-state index is -0.556. The normalized spacial score (nSPS) is 18.6. The average molecular weight is 314 g/mol. The molecule has 0 heterocycles. The Morgan fingerprint density at radius 3 is 2.61 bits per heavy atom. The van der Waals surface area contributed by atoms with Crippen molar-refractivity contribution in [3.05, 3.63) is 34.1 Å². The molecule has 98 valence electrons. The summed E-state index contributed by atoms with van der Waals surface area (Å²) < 4.78 is 14.3. The van der Waals surface area contributed by atoms with Crippen LogP contribution in [0.5, 0.6) is 0 Å². The average Bonchev–Trinajstić information content (AvgIpc) is 2.42. The molecule has 0 saturated heterocycles. The van der Waals surface area contributed by atoms with Crippen LogP contribution in [-0.2, 0) is 0 Å². The predicted octanol–water partition coefficient (Wildman–Crippen LogP) is 3.68. The zero-order valence-corrected chi connectivity index (χ0v) is 11.8. The van der Waals surface area contributed by atoms with Gasteiger partial charge in [0.25, 0.3) is 0 Å². The fraction of sp³-hybridized carbons (Fsp3) is 0.500. The van der Waals surface area contributed by atoms with Gasteiger partial charge in [-0.1, -0.05) is 25.3 Å². The molecular formula is C14H17BrFNO. The number of rotatable bonds is 3. The molecule has 18 heavy (non-hydrogen) atoms. The maximum absolute atomic E-state index is 14.0. The summed E-state index contributed by atoms with van der Waals surface area (Å²) >= 11 is 3.12. The van der Waals surface area contributed by atoms with Gasteiger partial charge >= 0.3 is 0 Å². The first kappa shape index (κ1) is 13.7. The zero-order valence-electron chi connectivity index (χ0n) is 10.2. The Labute approximate surface area is 115 Å². The van der Waals surface area contributed by atoms with Crippen LogP contribution in [0.2, 0.25) is 0 Å². The molecule has 1 aromatic carbocycles. The summed E-state index contributed by atoms with van der Waals surface area (Å²) in [7, 11) is 0. The summed E-state index contributed by atoms with van der Waals surface area (Å²) in [6.07, 6.45) is 4.68. The van der Waals surface area contributed by atoms with E-state index in [1.165, 1.54) is 0 Å². The fourth-order valence-electron chi connectivity index (χ4n) is 2.72. The zero-order chi connectivity index (χ0) is 13.2. The molecule has 0 spiro atoms. The van der Waals surface area contributed by atoms with Gasteiger partial charge in [-0.3, -0.25) is 4.79 Å². The SMILES string of the molecule is NCC1(C(=O)c2cccc(Br)c2F)CCCCC1. The van der Waals surface area contributed by atoms with Crippen molar-refractivity contribution in [3.63, 3.8) is 0 Å². The Kier molecular flexibility index (Phi) is 4.17. The minimum Gasteiger partial charge on any atom is -0.329 e. The molecule has 4 heteroatoms. The van der Waals surface area contributed by atoms with E-state index in [2.05, 4.69) is 15.9 Å². The second kappa shape index (κ2) is 5.49. The standard InChI is InChI=1S/C14H17BrFNO/c15-11-6-4-5-10(12(11)16)13(18)14(9-17)7-2-1-3-8-14/h4-6H,1-3,7-9,17H2. The Balaban J connectivity index is 2.37. The van der Waals surface area contributed by atoms with Crippen LogP contribution in [0.15, 0.2) is 22.7 Å². The van der Waals surface area contributed by atoms with E-state index in [1.807, 2.05) is 0 Å². The first-order chi connectivity index (χ1) is 8.60. The van der Waals surface area contributed by atoms with Gasteiger partial charge in [0.15, 0.2) is 5.78 Å². The van der Waals surface area contributed by atoms with Crippen LogP contribution >= 0.6 is 15.9 Å². The van der Waals surface area contributed by atoms with E-state index >= 15 is 0 Å². The van der Waals surface area contributed by atoms with Crippen molar-refractivity contribution in [1.82, 2.24) is 0 Å². The topological polar surface area (TPSA) is 43.1 Å². The van der Waals surface area contributed by atoms with Crippen LogP contribution in [0.25, 0.3) is 0 Å². The monoisotopic (exact) mass is 313 g/mol. The summed E-state index contributed by atoms with van der Waals surface area (Å²) in [5.74, 6) is -0.607. The van der Waals surface area contributed by atoms with E-state index < -0.39 is 11.2 Å².